The summed E-state index contributed by atoms with van der Waals surface area (Å²) in [6.07, 6.45) is 1.11. The van der Waals surface area contributed by atoms with Crippen molar-refractivity contribution in [1.82, 2.24) is 16.2 Å². The van der Waals surface area contributed by atoms with Crippen LogP contribution in [0.1, 0.15) is 45.6 Å². The van der Waals surface area contributed by atoms with E-state index in [2.05, 4.69) is 21.3 Å². The third-order valence-electron chi connectivity index (χ3n) is 3.61. The topological polar surface area (TPSA) is 118 Å². The molecule has 0 aliphatic carbocycles. The standard InChI is InChI=1S/C19H26N4O5/c1-19(2,3)28-23-17(25)10-11-20-18(26)12-27-14-6-4-13(5-7-14)15-8-9-16(24)22-21-15/h4-7H,8-12H2,1-3H3,(H,20,26)(H,22,24)(H,23,25). The Balaban J connectivity index is 1.67. The molecule has 1 aliphatic rings. The molecule has 0 fully saturated rings. The van der Waals surface area contributed by atoms with Gasteiger partial charge in [-0.15, -0.1) is 0 Å². The van der Waals surface area contributed by atoms with E-state index in [-0.39, 0.29) is 37.3 Å². The maximum absolute atomic E-state index is 11.8. The molecule has 0 spiro atoms. The highest BCUT2D eigenvalue weighted by Crippen LogP contribution is 2.15. The van der Waals surface area contributed by atoms with Crippen LogP contribution in [0.5, 0.6) is 5.75 Å². The molecule has 0 radical (unpaired) electrons. The molecule has 0 bridgehead atoms. The number of hydroxylamine groups is 1. The van der Waals surface area contributed by atoms with E-state index < -0.39 is 5.60 Å². The molecule has 3 N–H and O–H groups in total. The minimum Gasteiger partial charge on any atom is -0.484 e. The van der Waals surface area contributed by atoms with Crippen molar-refractivity contribution in [1.29, 1.82) is 0 Å². The highest BCUT2D eigenvalue weighted by atomic mass is 16.7. The Morgan fingerprint density at radius 2 is 1.86 bits per heavy atom. The summed E-state index contributed by atoms with van der Waals surface area (Å²) < 4.78 is 5.43. The van der Waals surface area contributed by atoms with Gasteiger partial charge in [-0.25, -0.2) is 10.9 Å². The zero-order chi connectivity index (χ0) is 20.6. The van der Waals surface area contributed by atoms with Crippen molar-refractivity contribution < 1.29 is 24.0 Å². The van der Waals surface area contributed by atoms with Crippen LogP contribution < -0.4 is 21.0 Å². The van der Waals surface area contributed by atoms with E-state index in [0.717, 1.165) is 11.3 Å². The first kappa shape index (κ1) is 21.4. The number of nitrogens with one attached hydrogen (secondary N) is 3. The van der Waals surface area contributed by atoms with Crippen LogP contribution in [0.15, 0.2) is 29.4 Å². The maximum Gasteiger partial charge on any atom is 0.257 e. The number of hydrogen-bond donors (Lipinski definition) is 3. The molecule has 152 valence electrons. The van der Waals surface area contributed by atoms with Crippen LogP contribution in [-0.4, -0.2) is 42.2 Å². The lowest BCUT2D eigenvalue weighted by Crippen LogP contribution is -2.36. The molecule has 1 aliphatic heterocycles. The molecule has 9 heteroatoms. The van der Waals surface area contributed by atoms with E-state index >= 15 is 0 Å². The molecule has 1 aromatic carbocycles. The van der Waals surface area contributed by atoms with E-state index in [4.69, 9.17) is 9.57 Å². The van der Waals surface area contributed by atoms with Crippen molar-refractivity contribution in [2.75, 3.05) is 13.2 Å². The van der Waals surface area contributed by atoms with Gasteiger partial charge in [-0.3, -0.25) is 19.2 Å². The Kier molecular flexibility index (Phi) is 7.51. The Labute approximate surface area is 163 Å². The number of rotatable bonds is 8. The van der Waals surface area contributed by atoms with Gasteiger partial charge in [0.1, 0.15) is 5.75 Å². The fourth-order valence-corrected chi connectivity index (χ4v) is 2.20. The van der Waals surface area contributed by atoms with Crippen LogP contribution in [0.4, 0.5) is 0 Å². The number of ether oxygens (including phenoxy) is 1. The van der Waals surface area contributed by atoms with Crippen molar-refractivity contribution in [3.8, 4) is 5.75 Å². The van der Waals surface area contributed by atoms with E-state index in [1.165, 1.54) is 0 Å². The van der Waals surface area contributed by atoms with Gasteiger partial charge in [0.15, 0.2) is 6.61 Å². The van der Waals surface area contributed by atoms with Crippen molar-refractivity contribution in [2.45, 2.75) is 45.6 Å². The molecule has 9 nitrogen and oxygen atoms in total. The number of carbonyl (C=O) groups excluding carboxylic acids is 3. The fourth-order valence-electron chi connectivity index (χ4n) is 2.20. The molecular formula is C19H26N4O5. The molecule has 0 saturated carbocycles. The summed E-state index contributed by atoms with van der Waals surface area (Å²) in [6, 6.07) is 7.11. The zero-order valence-corrected chi connectivity index (χ0v) is 16.3. The third kappa shape index (κ3) is 7.75. The van der Waals surface area contributed by atoms with E-state index in [1.54, 1.807) is 12.1 Å². The molecule has 1 aromatic rings. The normalized spacial score (nSPS) is 14.0. The molecular weight excluding hydrogens is 364 g/mol. The molecule has 2 rings (SSSR count). The van der Waals surface area contributed by atoms with Gasteiger partial charge in [0, 0.05) is 25.8 Å². The van der Waals surface area contributed by atoms with Crippen LogP contribution in [0.25, 0.3) is 0 Å². The predicted octanol–water partition coefficient (Wildman–Crippen LogP) is 1.03. The fraction of sp³-hybridized carbons (Fsp3) is 0.474. The number of hydrogen-bond acceptors (Lipinski definition) is 6. The zero-order valence-electron chi connectivity index (χ0n) is 16.3. The molecule has 0 aromatic heterocycles. The van der Waals surface area contributed by atoms with Gasteiger partial charge in [0.05, 0.1) is 11.3 Å². The highest BCUT2D eigenvalue weighted by molar-refractivity contribution is 6.04. The summed E-state index contributed by atoms with van der Waals surface area (Å²) >= 11 is 0. The highest BCUT2D eigenvalue weighted by Gasteiger charge is 2.14. The Morgan fingerprint density at radius 1 is 1.14 bits per heavy atom. The number of benzene rings is 1. The van der Waals surface area contributed by atoms with Crippen LogP contribution >= 0.6 is 0 Å². The number of amides is 3. The van der Waals surface area contributed by atoms with Crippen molar-refractivity contribution in [3.05, 3.63) is 29.8 Å². The smallest absolute Gasteiger partial charge is 0.257 e. The Hall–Kier alpha value is -2.94. The monoisotopic (exact) mass is 390 g/mol. The quantitative estimate of drug-likeness (QED) is 0.573. The molecule has 0 saturated heterocycles. The number of carbonyl (C=O) groups is 3. The third-order valence-corrected chi connectivity index (χ3v) is 3.61. The first-order chi connectivity index (χ1) is 13.2. The molecule has 0 atom stereocenters. The lowest BCUT2D eigenvalue weighted by Gasteiger charge is -2.18. The van der Waals surface area contributed by atoms with Crippen LogP contribution in [-0.2, 0) is 19.2 Å². The summed E-state index contributed by atoms with van der Waals surface area (Å²) in [7, 11) is 0. The second-order valence-electron chi connectivity index (χ2n) is 7.25. The van der Waals surface area contributed by atoms with Crippen molar-refractivity contribution >= 4 is 23.4 Å². The first-order valence-electron chi connectivity index (χ1n) is 9.05. The van der Waals surface area contributed by atoms with Crippen LogP contribution in [0.3, 0.4) is 0 Å². The summed E-state index contributed by atoms with van der Waals surface area (Å²) in [5.74, 6) is -0.189. The molecule has 28 heavy (non-hydrogen) atoms. The van der Waals surface area contributed by atoms with Crippen molar-refractivity contribution in [2.24, 2.45) is 5.10 Å². The maximum atomic E-state index is 11.8. The Morgan fingerprint density at radius 3 is 2.46 bits per heavy atom. The minimum atomic E-state index is -0.472. The molecule has 1 heterocycles. The largest absolute Gasteiger partial charge is 0.484 e. The van der Waals surface area contributed by atoms with Crippen LogP contribution in [0.2, 0.25) is 0 Å². The average molecular weight is 390 g/mol. The van der Waals surface area contributed by atoms with Crippen LogP contribution in [0, 0.1) is 0 Å². The molecule has 3 amide bonds. The summed E-state index contributed by atoms with van der Waals surface area (Å²) in [5, 5.41) is 6.64. The van der Waals surface area contributed by atoms with Gasteiger partial charge < -0.3 is 10.1 Å². The first-order valence-corrected chi connectivity index (χ1v) is 9.05. The lowest BCUT2D eigenvalue weighted by atomic mass is 10.0. The van der Waals surface area contributed by atoms with E-state index in [0.29, 0.717) is 18.6 Å². The van der Waals surface area contributed by atoms with Gasteiger partial charge in [-0.05, 0) is 50.6 Å². The summed E-state index contributed by atoms with van der Waals surface area (Å²) in [4.78, 5) is 39.7. The lowest BCUT2D eigenvalue weighted by molar-refractivity contribution is -0.145. The van der Waals surface area contributed by atoms with Gasteiger partial charge in [0.2, 0.25) is 11.8 Å². The van der Waals surface area contributed by atoms with Gasteiger partial charge in [-0.2, -0.15) is 5.10 Å². The van der Waals surface area contributed by atoms with Gasteiger partial charge in [0.25, 0.3) is 5.91 Å². The summed E-state index contributed by atoms with van der Waals surface area (Å²) in [5.41, 5.74) is 6.01. The van der Waals surface area contributed by atoms with E-state index in [9.17, 15) is 14.4 Å². The minimum absolute atomic E-state index is 0.0890. The Bertz CT molecular complexity index is 738. The summed E-state index contributed by atoms with van der Waals surface area (Å²) in [6.45, 7) is 5.49. The van der Waals surface area contributed by atoms with Gasteiger partial charge in [-0.1, -0.05) is 0 Å². The second kappa shape index (κ2) is 9.84. The van der Waals surface area contributed by atoms with E-state index in [1.807, 2.05) is 32.9 Å². The average Bonchev–Trinajstić information content (AvgIpc) is 2.65. The predicted molar refractivity (Wildman–Crippen MR) is 102 cm³/mol. The SMILES string of the molecule is CC(C)(C)ONC(=O)CCNC(=O)COc1ccc(C2=NNC(=O)CC2)cc1. The molecule has 0 unspecified atom stereocenters. The number of nitrogens with zero attached hydrogens (tertiary/aromatic N) is 1. The van der Waals surface area contributed by atoms with Crippen molar-refractivity contribution in [3.63, 3.8) is 0 Å². The number of hydrazone groups is 1. The second-order valence-corrected chi connectivity index (χ2v) is 7.25. The van der Waals surface area contributed by atoms with Gasteiger partial charge >= 0.3 is 0 Å².